The number of methoxy groups -OCH3 is 1. The largest absolute Gasteiger partial charge is 0.496 e. The standard InChI is InChI=1S/C13H11BrO2/c1-8(15)12-6-10-5-11(14)4-3-9(10)7-13(12)16-2/h3-7H,1-2H3. The lowest BCUT2D eigenvalue weighted by atomic mass is 10.0. The van der Waals surface area contributed by atoms with Gasteiger partial charge in [-0.05, 0) is 42.0 Å². The molecule has 0 N–H and O–H groups in total. The molecule has 0 aliphatic heterocycles. The number of hydrogen-bond acceptors (Lipinski definition) is 2. The molecule has 2 nitrogen and oxygen atoms in total. The van der Waals surface area contributed by atoms with Crippen LogP contribution >= 0.6 is 15.9 Å². The third kappa shape index (κ3) is 1.95. The Morgan fingerprint density at radius 3 is 2.56 bits per heavy atom. The molecule has 0 fully saturated rings. The molecule has 0 aliphatic carbocycles. The first kappa shape index (κ1) is 11.1. The van der Waals surface area contributed by atoms with E-state index in [0.717, 1.165) is 15.2 Å². The van der Waals surface area contributed by atoms with Crippen molar-refractivity contribution in [1.29, 1.82) is 0 Å². The van der Waals surface area contributed by atoms with E-state index in [4.69, 9.17) is 4.74 Å². The van der Waals surface area contributed by atoms with E-state index in [1.807, 2.05) is 30.3 Å². The van der Waals surface area contributed by atoms with Gasteiger partial charge in [-0.3, -0.25) is 4.79 Å². The minimum atomic E-state index is 0.0127. The zero-order valence-corrected chi connectivity index (χ0v) is 10.7. The number of fused-ring (bicyclic) bond motifs is 1. The molecule has 0 heterocycles. The molecule has 0 saturated carbocycles. The quantitative estimate of drug-likeness (QED) is 0.781. The lowest BCUT2D eigenvalue weighted by Crippen LogP contribution is -1.97. The van der Waals surface area contributed by atoms with Crippen molar-refractivity contribution in [3.05, 3.63) is 40.4 Å². The van der Waals surface area contributed by atoms with Gasteiger partial charge in [-0.2, -0.15) is 0 Å². The highest BCUT2D eigenvalue weighted by molar-refractivity contribution is 9.10. The summed E-state index contributed by atoms with van der Waals surface area (Å²) in [5.41, 5.74) is 0.619. The lowest BCUT2D eigenvalue weighted by Gasteiger charge is -2.08. The second kappa shape index (κ2) is 4.26. The summed E-state index contributed by atoms with van der Waals surface area (Å²) in [5, 5.41) is 2.09. The minimum Gasteiger partial charge on any atom is -0.496 e. The number of ketones is 1. The summed E-state index contributed by atoms with van der Waals surface area (Å²) < 4.78 is 6.21. The average molecular weight is 279 g/mol. The molecule has 2 aromatic carbocycles. The lowest BCUT2D eigenvalue weighted by molar-refractivity contribution is 0.101. The zero-order chi connectivity index (χ0) is 11.7. The second-order valence-corrected chi connectivity index (χ2v) is 4.52. The van der Waals surface area contributed by atoms with Crippen LogP contribution in [0.5, 0.6) is 5.75 Å². The molecular weight excluding hydrogens is 268 g/mol. The van der Waals surface area contributed by atoms with Gasteiger partial charge in [0.2, 0.25) is 0 Å². The van der Waals surface area contributed by atoms with Crippen LogP contribution in [0, 0.1) is 0 Å². The second-order valence-electron chi connectivity index (χ2n) is 3.60. The van der Waals surface area contributed by atoms with E-state index >= 15 is 0 Å². The van der Waals surface area contributed by atoms with Crippen molar-refractivity contribution in [3.8, 4) is 5.75 Å². The summed E-state index contributed by atoms with van der Waals surface area (Å²) >= 11 is 3.41. The van der Waals surface area contributed by atoms with E-state index in [1.165, 1.54) is 0 Å². The fraction of sp³-hybridized carbons (Fsp3) is 0.154. The molecule has 16 heavy (non-hydrogen) atoms. The number of carbonyl (C=O) groups is 1. The molecule has 2 aromatic rings. The summed E-state index contributed by atoms with van der Waals surface area (Å²) in [6.07, 6.45) is 0. The molecular formula is C13H11BrO2. The molecule has 0 radical (unpaired) electrons. The minimum absolute atomic E-state index is 0.0127. The third-order valence-electron chi connectivity index (χ3n) is 2.50. The molecule has 2 rings (SSSR count). The maximum Gasteiger partial charge on any atom is 0.163 e. The Hall–Kier alpha value is -1.35. The van der Waals surface area contributed by atoms with E-state index in [9.17, 15) is 4.79 Å². The van der Waals surface area contributed by atoms with E-state index in [1.54, 1.807) is 14.0 Å². The van der Waals surface area contributed by atoms with Crippen LogP contribution in [0.4, 0.5) is 0 Å². The number of carbonyl (C=O) groups excluding carboxylic acids is 1. The van der Waals surface area contributed by atoms with Crippen LogP contribution in [0.25, 0.3) is 10.8 Å². The SMILES string of the molecule is COc1cc2ccc(Br)cc2cc1C(C)=O. The zero-order valence-electron chi connectivity index (χ0n) is 9.08. The highest BCUT2D eigenvalue weighted by Crippen LogP contribution is 2.28. The molecule has 0 unspecified atom stereocenters. The Balaban J connectivity index is 2.75. The fourth-order valence-corrected chi connectivity index (χ4v) is 2.07. The van der Waals surface area contributed by atoms with Crippen LogP contribution in [-0.4, -0.2) is 12.9 Å². The van der Waals surface area contributed by atoms with E-state index in [2.05, 4.69) is 15.9 Å². The molecule has 3 heteroatoms. The highest BCUT2D eigenvalue weighted by atomic mass is 79.9. The monoisotopic (exact) mass is 278 g/mol. The predicted octanol–water partition coefficient (Wildman–Crippen LogP) is 3.81. The number of ether oxygens (including phenoxy) is 1. The van der Waals surface area contributed by atoms with Gasteiger partial charge in [-0.15, -0.1) is 0 Å². The summed E-state index contributed by atoms with van der Waals surface area (Å²) in [7, 11) is 1.58. The van der Waals surface area contributed by atoms with Crippen molar-refractivity contribution in [1.82, 2.24) is 0 Å². The Kier molecular flexibility index (Phi) is 2.97. The third-order valence-corrected chi connectivity index (χ3v) is 2.99. The summed E-state index contributed by atoms with van der Waals surface area (Å²) in [6, 6.07) is 9.70. The van der Waals surface area contributed by atoms with Crippen LogP contribution in [0.3, 0.4) is 0 Å². The van der Waals surface area contributed by atoms with Gasteiger partial charge in [0.25, 0.3) is 0 Å². The molecule has 0 bridgehead atoms. The summed E-state index contributed by atoms with van der Waals surface area (Å²) in [6.45, 7) is 1.54. The molecule has 0 atom stereocenters. The van der Waals surface area contributed by atoms with Gasteiger partial charge in [0.15, 0.2) is 5.78 Å². The van der Waals surface area contributed by atoms with Gasteiger partial charge in [0.1, 0.15) is 5.75 Å². The first-order valence-corrected chi connectivity index (χ1v) is 5.69. The van der Waals surface area contributed by atoms with Crippen LogP contribution in [0.2, 0.25) is 0 Å². The van der Waals surface area contributed by atoms with Crippen molar-refractivity contribution in [2.75, 3.05) is 7.11 Å². The van der Waals surface area contributed by atoms with Crippen LogP contribution < -0.4 is 4.74 Å². The Morgan fingerprint density at radius 1 is 1.19 bits per heavy atom. The van der Waals surface area contributed by atoms with Gasteiger partial charge >= 0.3 is 0 Å². The highest BCUT2D eigenvalue weighted by Gasteiger charge is 2.09. The van der Waals surface area contributed by atoms with Crippen molar-refractivity contribution in [2.45, 2.75) is 6.92 Å². The maximum absolute atomic E-state index is 11.5. The Morgan fingerprint density at radius 2 is 1.94 bits per heavy atom. The molecule has 0 saturated heterocycles. The maximum atomic E-state index is 11.5. The molecule has 0 aromatic heterocycles. The number of benzene rings is 2. The van der Waals surface area contributed by atoms with Crippen molar-refractivity contribution < 1.29 is 9.53 Å². The molecule has 0 aliphatic rings. The molecule has 0 spiro atoms. The van der Waals surface area contributed by atoms with Crippen molar-refractivity contribution >= 4 is 32.5 Å². The normalized spacial score (nSPS) is 10.4. The number of rotatable bonds is 2. The number of hydrogen-bond donors (Lipinski definition) is 0. The average Bonchev–Trinajstić information content (AvgIpc) is 2.27. The van der Waals surface area contributed by atoms with E-state index in [-0.39, 0.29) is 5.78 Å². The first-order valence-electron chi connectivity index (χ1n) is 4.90. The number of Topliss-reactive ketones (excluding diaryl/α,β-unsaturated/α-hetero) is 1. The van der Waals surface area contributed by atoms with Gasteiger partial charge in [0.05, 0.1) is 12.7 Å². The predicted molar refractivity (Wildman–Crippen MR) is 68.2 cm³/mol. The Bertz CT molecular complexity index is 561. The van der Waals surface area contributed by atoms with E-state index in [0.29, 0.717) is 11.3 Å². The summed E-state index contributed by atoms with van der Waals surface area (Å²) in [5.74, 6) is 0.640. The van der Waals surface area contributed by atoms with Gasteiger partial charge in [-0.1, -0.05) is 22.0 Å². The van der Waals surface area contributed by atoms with Gasteiger partial charge in [-0.25, -0.2) is 0 Å². The van der Waals surface area contributed by atoms with Crippen LogP contribution in [-0.2, 0) is 0 Å². The van der Waals surface area contributed by atoms with Gasteiger partial charge in [0, 0.05) is 4.47 Å². The van der Waals surface area contributed by atoms with Crippen LogP contribution in [0.15, 0.2) is 34.8 Å². The molecule has 0 amide bonds. The first-order chi connectivity index (χ1) is 7.61. The fourth-order valence-electron chi connectivity index (χ4n) is 1.69. The topological polar surface area (TPSA) is 26.3 Å². The van der Waals surface area contributed by atoms with Crippen molar-refractivity contribution in [2.24, 2.45) is 0 Å². The summed E-state index contributed by atoms with van der Waals surface area (Å²) in [4.78, 5) is 11.5. The Labute approximate surface area is 102 Å². The van der Waals surface area contributed by atoms with Gasteiger partial charge < -0.3 is 4.74 Å². The molecule has 82 valence electrons. The van der Waals surface area contributed by atoms with Crippen molar-refractivity contribution in [3.63, 3.8) is 0 Å². The smallest absolute Gasteiger partial charge is 0.163 e. The van der Waals surface area contributed by atoms with Crippen LogP contribution in [0.1, 0.15) is 17.3 Å². The number of halogens is 1. The van der Waals surface area contributed by atoms with E-state index < -0.39 is 0 Å².